The number of anilines is 1. The number of rotatable bonds is 10. The Labute approximate surface area is 214 Å². The van der Waals surface area contributed by atoms with Gasteiger partial charge in [0.2, 0.25) is 0 Å². The van der Waals surface area contributed by atoms with Crippen LogP contribution in [0.4, 0.5) is 9.70 Å². The summed E-state index contributed by atoms with van der Waals surface area (Å²) in [5, 5.41) is 24.5. The van der Waals surface area contributed by atoms with E-state index in [2.05, 4.69) is 20.3 Å². The number of aliphatic hydroxyl groups excluding tert-OH is 2. The highest BCUT2D eigenvalue weighted by molar-refractivity contribution is 8.76. The van der Waals surface area contributed by atoms with Gasteiger partial charge in [-0.3, -0.25) is 0 Å². The second kappa shape index (κ2) is 11.3. The SMILES string of the molecule is CSSCCNc1ncnc2c1ncn2[C@@H]1C[C@H](COC(=O)c2ccc(S(=O)(=O)F)cc2)[C@@H](O)[C@H]1O. The van der Waals surface area contributed by atoms with Gasteiger partial charge < -0.3 is 24.8 Å². The molecule has 0 amide bonds. The molecule has 1 aromatic carbocycles. The fourth-order valence-corrected chi connectivity index (χ4v) is 5.64. The zero-order valence-electron chi connectivity index (χ0n) is 19.0. The van der Waals surface area contributed by atoms with E-state index in [0.29, 0.717) is 23.5 Å². The molecular weight excluding hydrogens is 533 g/mol. The van der Waals surface area contributed by atoms with E-state index in [4.69, 9.17) is 4.74 Å². The number of aromatic nitrogens is 4. The molecule has 1 saturated carbocycles. The van der Waals surface area contributed by atoms with Crippen LogP contribution in [-0.2, 0) is 15.0 Å². The summed E-state index contributed by atoms with van der Waals surface area (Å²) in [7, 11) is -1.48. The van der Waals surface area contributed by atoms with Crippen molar-refractivity contribution in [2.24, 2.45) is 5.92 Å². The molecule has 15 heteroatoms. The molecule has 3 aromatic rings. The van der Waals surface area contributed by atoms with E-state index in [1.165, 1.54) is 12.7 Å². The first-order valence-electron chi connectivity index (χ1n) is 10.9. The van der Waals surface area contributed by atoms with E-state index in [-0.39, 0.29) is 18.6 Å². The van der Waals surface area contributed by atoms with Crippen molar-refractivity contribution in [2.75, 3.05) is 30.5 Å². The first-order chi connectivity index (χ1) is 17.2. The number of carbonyl (C=O) groups is 1. The van der Waals surface area contributed by atoms with Gasteiger partial charge in [-0.2, -0.15) is 8.42 Å². The Balaban J connectivity index is 1.42. The first kappa shape index (κ1) is 26.6. The lowest BCUT2D eigenvalue weighted by Crippen LogP contribution is -2.31. The van der Waals surface area contributed by atoms with Gasteiger partial charge in [-0.15, -0.1) is 3.89 Å². The highest BCUT2D eigenvalue weighted by Gasteiger charge is 2.43. The maximum atomic E-state index is 13.0. The lowest BCUT2D eigenvalue weighted by Gasteiger charge is -2.18. The maximum Gasteiger partial charge on any atom is 0.338 e. The fraction of sp³-hybridized carbons (Fsp3) is 0.429. The molecule has 2 heterocycles. The Morgan fingerprint density at radius 2 is 1.97 bits per heavy atom. The van der Waals surface area contributed by atoms with Crippen molar-refractivity contribution >= 4 is 54.8 Å². The lowest BCUT2D eigenvalue weighted by atomic mass is 10.1. The number of nitrogens with zero attached hydrogens (tertiary/aromatic N) is 4. The van der Waals surface area contributed by atoms with Gasteiger partial charge in [0.05, 0.1) is 35.5 Å². The smallest absolute Gasteiger partial charge is 0.338 e. The van der Waals surface area contributed by atoms with Crippen molar-refractivity contribution in [3.05, 3.63) is 42.5 Å². The Morgan fingerprint density at radius 3 is 2.67 bits per heavy atom. The standard InChI is InChI=1S/C21H24FN5O6S3/c1-34-35-7-6-23-19-16-20(25-10-24-19)27(11-26-16)15-8-13(17(28)18(15)29)9-33-21(30)12-2-4-14(5-3-12)36(22,31)32/h2-5,10-11,13,15,17-18,28-29H,6-9H2,1H3,(H,23,24,25)/t13-,15-,17-,18+/m1/s1. The van der Waals surface area contributed by atoms with Gasteiger partial charge in [-0.25, -0.2) is 19.7 Å². The summed E-state index contributed by atoms with van der Waals surface area (Å²) in [6.45, 7) is 0.507. The molecule has 2 aromatic heterocycles. The van der Waals surface area contributed by atoms with E-state index >= 15 is 0 Å². The number of aliphatic hydroxyl groups is 2. The minimum Gasteiger partial charge on any atom is -0.462 e. The molecule has 36 heavy (non-hydrogen) atoms. The highest BCUT2D eigenvalue weighted by atomic mass is 33.1. The lowest BCUT2D eigenvalue weighted by molar-refractivity contribution is -0.0110. The van der Waals surface area contributed by atoms with Crippen LogP contribution in [0, 0.1) is 5.92 Å². The number of imidazole rings is 1. The normalized spacial score (nSPS) is 22.1. The number of hydrogen-bond acceptors (Lipinski definition) is 12. The Bertz CT molecular complexity index is 1320. The molecule has 194 valence electrons. The van der Waals surface area contributed by atoms with Crippen molar-refractivity contribution in [1.82, 2.24) is 19.5 Å². The van der Waals surface area contributed by atoms with Crippen molar-refractivity contribution in [1.29, 1.82) is 0 Å². The van der Waals surface area contributed by atoms with Crippen molar-refractivity contribution in [3.8, 4) is 0 Å². The number of carbonyl (C=O) groups excluding carboxylic acids is 1. The number of benzene rings is 1. The van der Waals surface area contributed by atoms with Gasteiger partial charge in [0.1, 0.15) is 17.9 Å². The van der Waals surface area contributed by atoms with Gasteiger partial charge in [0.25, 0.3) is 0 Å². The van der Waals surface area contributed by atoms with Crippen molar-refractivity contribution in [3.63, 3.8) is 0 Å². The summed E-state index contributed by atoms with van der Waals surface area (Å²) in [6.07, 6.45) is 2.92. The monoisotopic (exact) mass is 557 g/mol. The largest absolute Gasteiger partial charge is 0.462 e. The van der Waals surface area contributed by atoms with E-state index < -0.39 is 45.3 Å². The summed E-state index contributed by atoms with van der Waals surface area (Å²) in [6, 6.07) is 3.65. The summed E-state index contributed by atoms with van der Waals surface area (Å²) in [4.78, 5) is 24.7. The number of fused-ring (bicyclic) bond motifs is 1. The molecule has 4 atom stereocenters. The second-order valence-corrected chi connectivity index (χ2v) is 12.1. The number of halogens is 1. The van der Waals surface area contributed by atoms with E-state index in [0.717, 1.165) is 30.0 Å². The molecule has 0 spiro atoms. The van der Waals surface area contributed by atoms with Gasteiger partial charge in [-0.05, 0) is 36.9 Å². The van der Waals surface area contributed by atoms with Crippen molar-refractivity contribution < 1.29 is 32.0 Å². The molecule has 0 radical (unpaired) electrons. The third kappa shape index (κ3) is 5.75. The topological polar surface area (TPSA) is 157 Å². The molecular formula is C21H24FN5O6S3. The molecule has 4 rings (SSSR count). The zero-order chi connectivity index (χ0) is 25.9. The van der Waals surface area contributed by atoms with Crippen LogP contribution in [0.2, 0.25) is 0 Å². The minimum absolute atomic E-state index is 0.0280. The fourth-order valence-electron chi connectivity index (χ4n) is 4.08. The Morgan fingerprint density at radius 1 is 1.22 bits per heavy atom. The summed E-state index contributed by atoms with van der Waals surface area (Å²) in [5.74, 6) is 0.116. The van der Waals surface area contributed by atoms with Crippen molar-refractivity contribution in [2.45, 2.75) is 29.6 Å². The predicted octanol–water partition coefficient (Wildman–Crippen LogP) is 2.05. The number of ether oxygens (including phenoxy) is 1. The molecule has 1 fully saturated rings. The molecule has 1 aliphatic rings. The van der Waals surface area contributed by atoms with Crippen LogP contribution in [-0.4, -0.2) is 81.5 Å². The predicted molar refractivity (Wildman–Crippen MR) is 134 cm³/mol. The molecule has 11 nitrogen and oxygen atoms in total. The molecule has 3 N–H and O–H groups in total. The molecule has 0 aliphatic heterocycles. The van der Waals surface area contributed by atoms with E-state index in [9.17, 15) is 27.3 Å². The van der Waals surface area contributed by atoms with Gasteiger partial charge in [0.15, 0.2) is 11.5 Å². The highest BCUT2D eigenvalue weighted by Crippen LogP contribution is 2.37. The average molecular weight is 558 g/mol. The number of esters is 1. The van der Waals surface area contributed by atoms with Crippen LogP contribution < -0.4 is 5.32 Å². The minimum atomic E-state index is -4.87. The average Bonchev–Trinajstić information content (AvgIpc) is 3.41. The summed E-state index contributed by atoms with van der Waals surface area (Å²) < 4.78 is 41.8. The summed E-state index contributed by atoms with van der Waals surface area (Å²) in [5.41, 5.74) is 1.07. The van der Waals surface area contributed by atoms with Crippen LogP contribution in [0.1, 0.15) is 22.8 Å². The van der Waals surface area contributed by atoms with Crippen LogP contribution in [0.3, 0.4) is 0 Å². The third-order valence-corrected chi connectivity index (χ3v) is 8.53. The molecule has 0 bridgehead atoms. The van der Waals surface area contributed by atoms with E-state index in [1.54, 1.807) is 26.2 Å². The first-order valence-corrected chi connectivity index (χ1v) is 15.0. The quantitative estimate of drug-likeness (QED) is 0.144. The number of nitrogens with one attached hydrogen (secondary N) is 1. The number of hydrogen-bond donors (Lipinski definition) is 3. The maximum absolute atomic E-state index is 13.0. The Hall–Kier alpha value is -2.46. The van der Waals surface area contributed by atoms with Crippen LogP contribution in [0.5, 0.6) is 0 Å². The molecule has 1 aliphatic carbocycles. The Kier molecular flexibility index (Phi) is 8.34. The molecule has 0 unspecified atom stereocenters. The zero-order valence-corrected chi connectivity index (χ0v) is 21.5. The van der Waals surface area contributed by atoms with E-state index in [1.807, 2.05) is 6.26 Å². The molecule has 0 saturated heterocycles. The van der Waals surface area contributed by atoms with Crippen LogP contribution in [0.25, 0.3) is 11.2 Å². The second-order valence-electron chi connectivity index (χ2n) is 8.07. The summed E-state index contributed by atoms with van der Waals surface area (Å²) >= 11 is 0. The van der Waals surface area contributed by atoms with Crippen LogP contribution >= 0.6 is 21.6 Å². The van der Waals surface area contributed by atoms with Crippen LogP contribution in [0.15, 0.2) is 41.8 Å². The van der Waals surface area contributed by atoms with Gasteiger partial charge in [-0.1, -0.05) is 21.6 Å². The van der Waals surface area contributed by atoms with Gasteiger partial charge >= 0.3 is 16.2 Å². The van der Waals surface area contributed by atoms with Gasteiger partial charge in [0, 0.05) is 18.2 Å². The third-order valence-electron chi connectivity index (χ3n) is 5.88.